The van der Waals surface area contributed by atoms with E-state index in [2.05, 4.69) is 27.2 Å². The zero-order chi connectivity index (χ0) is 24.2. The first-order chi connectivity index (χ1) is 16.4. The average molecular weight is 478 g/mol. The van der Waals surface area contributed by atoms with Gasteiger partial charge in [-0.1, -0.05) is 48.5 Å². The smallest absolute Gasteiger partial charge is 0.432 e. The largest absolute Gasteiger partial charge is 0.458 e. The quantitative estimate of drug-likeness (QED) is 0.645. The summed E-state index contributed by atoms with van der Waals surface area (Å²) in [5.41, 5.74) is -2.32. The van der Waals surface area contributed by atoms with Crippen LogP contribution < -0.4 is 10.2 Å². The van der Waals surface area contributed by atoms with E-state index in [9.17, 15) is 18.0 Å². The molecule has 2 fully saturated rings. The number of nitrogens with one attached hydrogen (secondary N) is 1. The van der Waals surface area contributed by atoms with Crippen molar-refractivity contribution < 1.29 is 27.4 Å². The van der Waals surface area contributed by atoms with Gasteiger partial charge in [-0.2, -0.15) is 13.2 Å². The van der Waals surface area contributed by atoms with Crippen LogP contribution in [-0.2, 0) is 19.9 Å². The first-order valence-corrected chi connectivity index (χ1v) is 11.5. The van der Waals surface area contributed by atoms with Crippen molar-refractivity contribution in [3.8, 4) is 0 Å². The highest BCUT2D eigenvalue weighted by atomic mass is 19.4. The van der Waals surface area contributed by atoms with Gasteiger partial charge in [-0.05, 0) is 25.1 Å². The number of esters is 1. The minimum Gasteiger partial charge on any atom is -0.458 e. The maximum Gasteiger partial charge on any atom is 0.432 e. The second-order valence-electron chi connectivity index (χ2n) is 8.61. The zero-order valence-corrected chi connectivity index (χ0v) is 19.1. The summed E-state index contributed by atoms with van der Waals surface area (Å²) in [5.74, 6) is -1.42. The first kappa shape index (κ1) is 24.5. The van der Waals surface area contributed by atoms with Gasteiger partial charge >= 0.3 is 12.1 Å². The lowest BCUT2D eigenvalue weighted by Crippen LogP contribution is -2.61. The topological polar surface area (TPSA) is 54.0 Å². The third kappa shape index (κ3) is 4.78. The van der Waals surface area contributed by atoms with Crippen LogP contribution in [0.1, 0.15) is 12.0 Å². The Kier molecular flexibility index (Phi) is 7.45. The summed E-state index contributed by atoms with van der Waals surface area (Å²) in [6.07, 6.45) is -5.22. The molecule has 4 rings (SSSR count). The number of ether oxygens (including phenoxy) is 2. The summed E-state index contributed by atoms with van der Waals surface area (Å²) < 4.78 is 53.3. The Hall–Kier alpha value is -2.62. The standard InChI is InChI=1S/C25H30F3N3O3/c1-33-24(25(26,27)28,19-8-4-2-5-9-19)23(32)34-22-12-13-29-18-21(22)31-16-14-30(15-17-31)20-10-6-3-7-11-20/h2-11,21-22,29H,12-18H2,1H3/t21-,22-,24+/m1/s1. The number of methoxy groups -OCH3 is 1. The van der Waals surface area contributed by atoms with Crippen LogP contribution in [0.4, 0.5) is 18.9 Å². The summed E-state index contributed by atoms with van der Waals surface area (Å²) in [6, 6.07) is 16.8. The molecule has 2 aromatic carbocycles. The van der Waals surface area contributed by atoms with Gasteiger partial charge in [0.25, 0.3) is 5.60 Å². The molecule has 3 atom stereocenters. The van der Waals surface area contributed by atoms with Gasteiger partial charge in [-0.25, -0.2) is 4.79 Å². The normalized spacial score (nSPS) is 23.8. The van der Waals surface area contributed by atoms with Gasteiger partial charge in [0.2, 0.25) is 0 Å². The second kappa shape index (κ2) is 10.3. The lowest BCUT2D eigenvalue weighted by atomic mass is 9.92. The fraction of sp³-hybridized carbons (Fsp3) is 0.480. The average Bonchev–Trinajstić information content (AvgIpc) is 2.86. The molecule has 2 aliphatic heterocycles. The number of anilines is 1. The Balaban J connectivity index is 1.50. The fourth-order valence-electron chi connectivity index (χ4n) is 4.88. The van der Waals surface area contributed by atoms with Crippen LogP contribution in [0.5, 0.6) is 0 Å². The number of piperazine rings is 1. The molecule has 0 bridgehead atoms. The molecular weight excluding hydrogens is 447 g/mol. The van der Waals surface area contributed by atoms with Gasteiger partial charge in [0.15, 0.2) is 0 Å². The monoisotopic (exact) mass is 477 g/mol. The molecule has 0 radical (unpaired) electrons. The number of para-hydroxylation sites is 1. The summed E-state index contributed by atoms with van der Waals surface area (Å²) in [5, 5.41) is 3.29. The Bertz CT molecular complexity index is 937. The lowest BCUT2D eigenvalue weighted by molar-refractivity contribution is -0.279. The van der Waals surface area contributed by atoms with Gasteiger partial charge in [-0.3, -0.25) is 4.90 Å². The number of hydrogen-bond donors (Lipinski definition) is 1. The molecule has 1 N–H and O–H groups in total. The van der Waals surface area contributed by atoms with E-state index in [1.54, 1.807) is 6.07 Å². The van der Waals surface area contributed by atoms with Crippen LogP contribution >= 0.6 is 0 Å². The summed E-state index contributed by atoms with van der Waals surface area (Å²) in [6.45, 7) is 4.13. The van der Waals surface area contributed by atoms with Crippen LogP contribution in [0, 0.1) is 0 Å². The van der Waals surface area contributed by atoms with Crippen molar-refractivity contribution in [3.05, 3.63) is 66.2 Å². The molecule has 0 spiro atoms. The molecule has 2 heterocycles. The van der Waals surface area contributed by atoms with Crippen molar-refractivity contribution in [2.24, 2.45) is 0 Å². The van der Waals surface area contributed by atoms with Gasteiger partial charge in [0.05, 0.1) is 6.04 Å². The first-order valence-electron chi connectivity index (χ1n) is 11.5. The van der Waals surface area contributed by atoms with E-state index in [0.29, 0.717) is 19.5 Å². The van der Waals surface area contributed by atoms with Crippen LogP contribution in [0.25, 0.3) is 0 Å². The molecule has 34 heavy (non-hydrogen) atoms. The highest BCUT2D eigenvalue weighted by molar-refractivity contribution is 5.83. The Morgan fingerprint density at radius 3 is 2.18 bits per heavy atom. The van der Waals surface area contributed by atoms with Crippen LogP contribution in [0.15, 0.2) is 60.7 Å². The van der Waals surface area contributed by atoms with E-state index >= 15 is 0 Å². The van der Waals surface area contributed by atoms with Crippen molar-refractivity contribution >= 4 is 11.7 Å². The number of piperidine rings is 1. The molecule has 2 aliphatic rings. The molecule has 184 valence electrons. The molecule has 0 aliphatic carbocycles. The predicted molar refractivity (Wildman–Crippen MR) is 123 cm³/mol. The highest BCUT2D eigenvalue weighted by Gasteiger charge is 2.64. The summed E-state index contributed by atoms with van der Waals surface area (Å²) in [4.78, 5) is 17.6. The van der Waals surface area contributed by atoms with E-state index in [1.807, 2.05) is 18.2 Å². The van der Waals surface area contributed by atoms with Crippen LogP contribution in [-0.4, -0.2) is 75.6 Å². The highest BCUT2D eigenvalue weighted by Crippen LogP contribution is 2.43. The van der Waals surface area contributed by atoms with E-state index < -0.39 is 23.9 Å². The van der Waals surface area contributed by atoms with Gasteiger partial charge in [0, 0.05) is 51.1 Å². The maximum atomic E-state index is 14.3. The van der Waals surface area contributed by atoms with Crippen LogP contribution in [0.3, 0.4) is 0 Å². The fourth-order valence-corrected chi connectivity index (χ4v) is 4.88. The zero-order valence-electron chi connectivity index (χ0n) is 19.1. The van der Waals surface area contributed by atoms with Crippen molar-refractivity contribution in [2.75, 3.05) is 51.3 Å². The number of rotatable bonds is 6. The molecule has 9 heteroatoms. The minimum absolute atomic E-state index is 0.214. The van der Waals surface area contributed by atoms with Gasteiger partial charge in [0.1, 0.15) is 6.10 Å². The van der Waals surface area contributed by atoms with Gasteiger partial charge < -0.3 is 19.7 Å². The number of benzene rings is 2. The van der Waals surface area contributed by atoms with Crippen molar-refractivity contribution in [1.82, 2.24) is 10.2 Å². The molecule has 2 aromatic rings. The third-order valence-electron chi connectivity index (χ3n) is 6.72. The van der Waals surface area contributed by atoms with E-state index in [4.69, 9.17) is 9.47 Å². The van der Waals surface area contributed by atoms with E-state index in [1.165, 1.54) is 24.3 Å². The van der Waals surface area contributed by atoms with Gasteiger partial charge in [-0.15, -0.1) is 0 Å². The number of halogens is 3. The van der Waals surface area contributed by atoms with Crippen molar-refractivity contribution in [2.45, 2.75) is 30.3 Å². The lowest BCUT2D eigenvalue weighted by Gasteiger charge is -2.45. The number of hydrogen-bond acceptors (Lipinski definition) is 6. The molecule has 0 aromatic heterocycles. The Morgan fingerprint density at radius 2 is 1.59 bits per heavy atom. The molecule has 0 unspecified atom stereocenters. The third-order valence-corrected chi connectivity index (χ3v) is 6.72. The molecular formula is C25H30F3N3O3. The number of alkyl halides is 3. The number of carbonyl (C=O) groups is 1. The summed E-state index contributed by atoms with van der Waals surface area (Å²) >= 11 is 0. The number of nitrogens with zero attached hydrogens (tertiary/aromatic N) is 2. The van der Waals surface area contributed by atoms with E-state index in [-0.39, 0.29) is 11.6 Å². The van der Waals surface area contributed by atoms with Crippen LogP contribution in [0.2, 0.25) is 0 Å². The second-order valence-corrected chi connectivity index (χ2v) is 8.61. The predicted octanol–water partition coefficient (Wildman–Crippen LogP) is 3.19. The Labute approximate surface area is 197 Å². The van der Waals surface area contributed by atoms with Crippen molar-refractivity contribution in [3.63, 3.8) is 0 Å². The van der Waals surface area contributed by atoms with E-state index in [0.717, 1.165) is 39.0 Å². The molecule has 2 saturated heterocycles. The summed E-state index contributed by atoms with van der Waals surface area (Å²) in [7, 11) is 0.893. The van der Waals surface area contributed by atoms with Crippen molar-refractivity contribution in [1.29, 1.82) is 0 Å². The minimum atomic E-state index is -4.98. The SMILES string of the molecule is CO[C@](C(=O)O[C@@H]1CCNC[C@H]1N1CCN(c2ccccc2)CC1)(c1ccccc1)C(F)(F)F. The molecule has 0 amide bonds. The molecule has 0 saturated carbocycles. The maximum absolute atomic E-state index is 14.3. The molecule has 6 nitrogen and oxygen atoms in total. The number of carbonyl (C=O) groups excluding carboxylic acids is 1. The Morgan fingerprint density at radius 1 is 0.971 bits per heavy atom.